The number of amides is 1. The zero-order valence-electron chi connectivity index (χ0n) is 19.5. The van der Waals surface area contributed by atoms with E-state index in [2.05, 4.69) is 16.4 Å². The minimum absolute atomic E-state index is 0.128. The van der Waals surface area contributed by atoms with Crippen molar-refractivity contribution in [1.29, 1.82) is 0 Å². The molecule has 2 heterocycles. The van der Waals surface area contributed by atoms with Crippen molar-refractivity contribution in [1.82, 2.24) is 14.7 Å². The van der Waals surface area contributed by atoms with Crippen LogP contribution in [0.2, 0.25) is 0 Å². The highest BCUT2D eigenvalue weighted by atomic mass is 19.4. The fourth-order valence-corrected chi connectivity index (χ4v) is 4.00. The van der Waals surface area contributed by atoms with Crippen LogP contribution >= 0.6 is 0 Å². The first-order valence-electron chi connectivity index (χ1n) is 11.1. The molecule has 0 radical (unpaired) electrons. The van der Waals surface area contributed by atoms with Gasteiger partial charge >= 0.3 is 6.36 Å². The van der Waals surface area contributed by atoms with Gasteiger partial charge in [0, 0.05) is 24.8 Å². The second-order valence-electron chi connectivity index (χ2n) is 8.28. The monoisotopic (exact) mass is 495 g/mol. The summed E-state index contributed by atoms with van der Waals surface area (Å²) in [6, 6.07) is 8.73. The lowest BCUT2D eigenvalue weighted by Crippen LogP contribution is -2.23. The number of phenols is 1. The number of carbonyl (C=O) groups is 1. The van der Waals surface area contributed by atoms with Crippen LogP contribution in [0.15, 0.2) is 85.2 Å². The fraction of sp³-hybridized carbons (Fsp3) is 0.185. The summed E-state index contributed by atoms with van der Waals surface area (Å²) >= 11 is 0. The number of aromatic nitrogens is 2. The Morgan fingerprint density at radius 1 is 1.22 bits per heavy atom. The largest absolute Gasteiger partial charge is 0.573 e. The summed E-state index contributed by atoms with van der Waals surface area (Å²) in [5, 5.41) is 15.0. The predicted molar refractivity (Wildman–Crippen MR) is 129 cm³/mol. The summed E-state index contributed by atoms with van der Waals surface area (Å²) in [6.45, 7) is 6.72. The number of aromatic hydroxyl groups is 1. The van der Waals surface area contributed by atoms with Crippen molar-refractivity contribution in [3.05, 3.63) is 102 Å². The van der Waals surface area contributed by atoms with E-state index in [-0.39, 0.29) is 36.1 Å². The maximum Gasteiger partial charge on any atom is 0.573 e. The van der Waals surface area contributed by atoms with Crippen molar-refractivity contribution in [3.8, 4) is 22.6 Å². The predicted octanol–water partition coefficient (Wildman–Crippen LogP) is 6.00. The summed E-state index contributed by atoms with van der Waals surface area (Å²) in [7, 11) is 0. The lowest BCUT2D eigenvalue weighted by molar-refractivity contribution is -0.274. The molecule has 3 aromatic rings. The van der Waals surface area contributed by atoms with E-state index in [1.165, 1.54) is 35.2 Å². The molecule has 0 unspecified atom stereocenters. The van der Waals surface area contributed by atoms with Crippen molar-refractivity contribution in [2.75, 3.05) is 0 Å². The highest BCUT2D eigenvalue weighted by Gasteiger charge is 2.32. The van der Waals surface area contributed by atoms with Gasteiger partial charge < -0.3 is 14.7 Å². The lowest BCUT2D eigenvalue weighted by Gasteiger charge is -2.16. The molecule has 1 aliphatic rings. The number of halogens is 3. The second kappa shape index (κ2) is 10.2. The number of hydrogen-bond acceptors (Lipinski definition) is 4. The Hall–Kier alpha value is -4.27. The van der Waals surface area contributed by atoms with E-state index < -0.39 is 6.36 Å². The summed E-state index contributed by atoms with van der Waals surface area (Å²) in [6.07, 6.45) is 6.34. The molecule has 0 fully saturated rings. The van der Waals surface area contributed by atoms with Gasteiger partial charge in [0.25, 0.3) is 5.91 Å². The molecule has 0 spiro atoms. The zero-order valence-corrected chi connectivity index (χ0v) is 19.5. The summed E-state index contributed by atoms with van der Waals surface area (Å²) in [4.78, 5) is 14.5. The molecule has 4 rings (SSSR count). The number of nitrogens with zero attached hydrogens (tertiary/aromatic N) is 3. The van der Waals surface area contributed by atoms with Crippen molar-refractivity contribution in [3.63, 3.8) is 0 Å². The standard InChI is InChI=1S/C27H24F3N3O3/c1-3-5-6-18(4-2)15-33-17-22(13-31-33)20-11-21-16-32(26(35)25(21)24(34)12-20)14-19-7-9-23(10-8-19)36-27(28,29)30/h3-13,17,34H,2,14-16H2,1H3/b5-3-,18-6+. The Morgan fingerprint density at radius 2 is 1.97 bits per heavy atom. The number of phenolic OH excluding ortho intramolecular Hbond substituents is 1. The fourth-order valence-electron chi connectivity index (χ4n) is 4.00. The normalized spacial score (nSPS) is 13.9. The molecule has 1 amide bonds. The maximum atomic E-state index is 12.9. The van der Waals surface area contributed by atoms with Gasteiger partial charge in [0.05, 0.1) is 18.3 Å². The quantitative estimate of drug-likeness (QED) is 0.390. The van der Waals surface area contributed by atoms with Crippen LogP contribution in [0.5, 0.6) is 11.5 Å². The van der Waals surface area contributed by atoms with Crippen LogP contribution in [0.4, 0.5) is 13.2 Å². The molecule has 36 heavy (non-hydrogen) atoms. The average Bonchev–Trinajstić information content (AvgIpc) is 3.41. The van der Waals surface area contributed by atoms with Crippen LogP contribution in [-0.2, 0) is 19.6 Å². The van der Waals surface area contributed by atoms with Gasteiger partial charge in [-0.3, -0.25) is 9.48 Å². The Kier molecular flexibility index (Phi) is 7.00. The first kappa shape index (κ1) is 24.8. The second-order valence-corrected chi connectivity index (χ2v) is 8.28. The first-order valence-corrected chi connectivity index (χ1v) is 11.1. The zero-order chi connectivity index (χ0) is 25.9. The van der Waals surface area contributed by atoms with E-state index in [4.69, 9.17) is 0 Å². The van der Waals surface area contributed by atoms with Gasteiger partial charge in [-0.15, -0.1) is 13.2 Å². The van der Waals surface area contributed by atoms with Crippen LogP contribution < -0.4 is 4.74 Å². The van der Waals surface area contributed by atoms with Crippen LogP contribution in [0.3, 0.4) is 0 Å². The van der Waals surface area contributed by atoms with Crippen molar-refractivity contribution < 1.29 is 27.8 Å². The van der Waals surface area contributed by atoms with E-state index in [0.29, 0.717) is 17.7 Å². The number of alkyl halides is 3. The molecule has 1 N–H and O–H groups in total. The van der Waals surface area contributed by atoms with Gasteiger partial charge in [0.1, 0.15) is 11.5 Å². The van der Waals surface area contributed by atoms with Gasteiger partial charge in [-0.1, -0.05) is 43.0 Å². The highest BCUT2D eigenvalue weighted by molar-refractivity contribution is 6.01. The molecule has 0 atom stereocenters. The van der Waals surface area contributed by atoms with Crippen LogP contribution in [0.1, 0.15) is 28.4 Å². The third-order valence-corrected chi connectivity index (χ3v) is 5.67. The van der Waals surface area contributed by atoms with Gasteiger partial charge in [-0.05, 0) is 53.5 Å². The highest BCUT2D eigenvalue weighted by Crippen LogP contribution is 2.36. The van der Waals surface area contributed by atoms with Gasteiger partial charge in [0.15, 0.2) is 0 Å². The molecular formula is C27H24F3N3O3. The number of ether oxygens (including phenoxy) is 1. The number of rotatable bonds is 8. The topological polar surface area (TPSA) is 67.6 Å². The molecule has 6 nitrogen and oxygen atoms in total. The summed E-state index contributed by atoms with van der Waals surface area (Å²) < 4.78 is 42.8. The Balaban J connectivity index is 1.49. The number of benzene rings is 2. The Labute approximate surface area is 206 Å². The minimum Gasteiger partial charge on any atom is -0.507 e. The molecule has 1 aliphatic heterocycles. The third-order valence-electron chi connectivity index (χ3n) is 5.67. The lowest BCUT2D eigenvalue weighted by atomic mass is 10.0. The molecule has 0 saturated heterocycles. The van der Waals surface area contributed by atoms with Crippen LogP contribution in [0.25, 0.3) is 11.1 Å². The molecule has 0 bridgehead atoms. The van der Waals surface area contributed by atoms with E-state index in [1.807, 2.05) is 37.4 Å². The molecule has 9 heteroatoms. The van der Waals surface area contributed by atoms with E-state index in [0.717, 1.165) is 16.7 Å². The van der Waals surface area contributed by atoms with Crippen LogP contribution in [0, 0.1) is 0 Å². The maximum absolute atomic E-state index is 12.9. The number of fused-ring (bicyclic) bond motifs is 1. The number of allylic oxidation sites excluding steroid dienone is 5. The first-order chi connectivity index (χ1) is 17.2. The molecule has 0 saturated carbocycles. The van der Waals surface area contributed by atoms with E-state index in [9.17, 15) is 23.1 Å². The summed E-state index contributed by atoms with van der Waals surface area (Å²) in [5.41, 5.74) is 4.02. The Bertz CT molecular complexity index is 1340. The summed E-state index contributed by atoms with van der Waals surface area (Å²) in [5.74, 6) is -0.802. The van der Waals surface area contributed by atoms with Gasteiger partial charge in [-0.2, -0.15) is 5.10 Å². The molecule has 186 valence electrons. The molecule has 1 aromatic heterocycles. The van der Waals surface area contributed by atoms with Gasteiger partial charge in [-0.25, -0.2) is 0 Å². The molecule has 0 aliphatic carbocycles. The van der Waals surface area contributed by atoms with Gasteiger partial charge in [0.2, 0.25) is 0 Å². The third kappa shape index (κ3) is 5.68. The van der Waals surface area contributed by atoms with Crippen molar-refractivity contribution in [2.45, 2.75) is 32.9 Å². The van der Waals surface area contributed by atoms with Crippen LogP contribution in [-0.4, -0.2) is 32.1 Å². The van der Waals surface area contributed by atoms with E-state index in [1.54, 1.807) is 17.0 Å². The SMILES string of the molecule is C=C/C(=C\C=C/C)Cn1cc(-c2cc(O)c3c(c2)CN(Cc2ccc(OC(F)(F)F)cc2)C3=O)cn1. The van der Waals surface area contributed by atoms with E-state index >= 15 is 0 Å². The number of hydrogen-bond donors (Lipinski definition) is 1. The average molecular weight is 496 g/mol. The smallest absolute Gasteiger partial charge is 0.507 e. The van der Waals surface area contributed by atoms with Crippen molar-refractivity contribution >= 4 is 5.91 Å². The molecule has 2 aromatic carbocycles. The minimum atomic E-state index is -4.77. The molecular weight excluding hydrogens is 471 g/mol. The van der Waals surface area contributed by atoms with Crippen molar-refractivity contribution in [2.24, 2.45) is 0 Å². The number of carbonyl (C=O) groups excluding carboxylic acids is 1. The Morgan fingerprint density at radius 3 is 2.64 bits per heavy atom.